The average Bonchev–Trinajstić information content (AvgIpc) is 2.20. The van der Waals surface area contributed by atoms with Gasteiger partial charge in [0.25, 0.3) is 5.91 Å². The summed E-state index contributed by atoms with van der Waals surface area (Å²) in [5.74, 6) is -0.0322. The molecule has 1 heterocycles. The fraction of sp³-hybridized carbons (Fsp3) is 0.364. The molecule has 86 valence electrons. The van der Waals surface area contributed by atoms with Gasteiger partial charge in [-0.15, -0.1) is 0 Å². The monoisotopic (exact) mass is 240 g/mol. The molecule has 0 radical (unpaired) electrons. The third-order valence-corrected chi connectivity index (χ3v) is 3.04. The van der Waals surface area contributed by atoms with Crippen LogP contribution in [-0.2, 0) is 4.74 Å². The summed E-state index contributed by atoms with van der Waals surface area (Å²) in [5, 5.41) is 0.412. The Labute approximate surface area is 98.9 Å². The van der Waals surface area contributed by atoms with E-state index in [9.17, 15) is 4.79 Å². The van der Waals surface area contributed by atoms with Crippen LogP contribution in [0, 0.1) is 0 Å². The molecule has 0 aromatic heterocycles. The number of likely N-dealkylation sites (tertiary alicyclic amines) is 1. The number of hydrogen-bond donors (Lipinski definition) is 1. The largest absolute Gasteiger partial charge is 0.398 e. The first-order chi connectivity index (χ1) is 7.61. The maximum Gasteiger partial charge on any atom is 0.254 e. The number of halogens is 1. The lowest BCUT2D eigenvalue weighted by Crippen LogP contribution is -2.54. The Morgan fingerprint density at radius 3 is 2.81 bits per heavy atom. The first kappa shape index (κ1) is 11.2. The first-order valence-electron chi connectivity index (χ1n) is 4.99. The van der Waals surface area contributed by atoms with E-state index in [2.05, 4.69) is 0 Å². The highest BCUT2D eigenvalue weighted by Gasteiger charge is 2.31. The van der Waals surface area contributed by atoms with Gasteiger partial charge in [0.2, 0.25) is 0 Å². The van der Waals surface area contributed by atoms with Crippen molar-refractivity contribution in [2.24, 2.45) is 0 Å². The van der Waals surface area contributed by atoms with Crippen molar-refractivity contribution in [3.8, 4) is 0 Å². The molecule has 1 aliphatic rings. The van der Waals surface area contributed by atoms with Crippen LogP contribution in [0.4, 0.5) is 5.69 Å². The molecular formula is C11H13ClN2O2. The van der Waals surface area contributed by atoms with Gasteiger partial charge in [-0.2, -0.15) is 0 Å². The zero-order valence-electron chi connectivity index (χ0n) is 8.94. The molecule has 2 N–H and O–H groups in total. The number of carbonyl (C=O) groups is 1. The molecule has 1 amide bonds. The van der Waals surface area contributed by atoms with Crippen LogP contribution in [0.5, 0.6) is 0 Å². The third-order valence-electron chi connectivity index (χ3n) is 2.72. The summed E-state index contributed by atoms with van der Waals surface area (Å²) in [7, 11) is 1.65. The number of ether oxygens (including phenoxy) is 1. The minimum absolute atomic E-state index is 0.0322. The lowest BCUT2D eigenvalue weighted by molar-refractivity contribution is -0.0191. The van der Waals surface area contributed by atoms with Gasteiger partial charge in [0.15, 0.2) is 0 Å². The molecule has 4 nitrogen and oxygen atoms in total. The fourth-order valence-electron chi connectivity index (χ4n) is 1.60. The van der Waals surface area contributed by atoms with E-state index in [0.717, 1.165) is 0 Å². The Hall–Kier alpha value is -1.26. The molecule has 0 aliphatic carbocycles. The Morgan fingerprint density at radius 2 is 2.25 bits per heavy atom. The van der Waals surface area contributed by atoms with Gasteiger partial charge in [0.1, 0.15) is 0 Å². The van der Waals surface area contributed by atoms with Gasteiger partial charge >= 0.3 is 0 Å². The van der Waals surface area contributed by atoms with Crippen LogP contribution < -0.4 is 5.73 Å². The van der Waals surface area contributed by atoms with Crippen molar-refractivity contribution in [1.29, 1.82) is 0 Å². The van der Waals surface area contributed by atoms with Gasteiger partial charge in [-0.1, -0.05) is 11.6 Å². The molecular weight excluding hydrogens is 228 g/mol. The Morgan fingerprint density at radius 1 is 1.56 bits per heavy atom. The van der Waals surface area contributed by atoms with Crippen LogP contribution in [0.2, 0.25) is 5.02 Å². The summed E-state index contributed by atoms with van der Waals surface area (Å²) < 4.78 is 5.11. The summed E-state index contributed by atoms with van der Waals surface area (Å²) in [4.78, 5) is 13.6. The summed E-state index contributed by atoms with van der Waals surface area (Å²) in [6.07, 6.45) is 0.160. The van der Waals surface area contributed by atoms with Gasteiger partial charge in [0.05, 0.1) is 16.8 Å². The average molecular weight is 241 g/mol. The van der Waals surface area contributed by atoms with Gasteiger partial charge in [-0.05, 0) is 18.2 Å². The number of hydrogen-bond acceptors (Lipinski definition) is 3. The van der Waals surface area contributed by atoms with E-state index >= 15 is 0 Å². The summed E-state index contributed by atoms with van der Waals surface area (Å²) in [6.45, 7) is 1.27. The molecule has 0 spiro atoms. The first-order valence-corrected chi connectivity index (χ1v) is 5.36. The lowest BCUT2D eigenvalue weighted by atomic mass is 10.1. The molecule has 16 heavy (non-hydrogen) atoms. The SMILES string of the molecule is COC1CN(C(=O)c2ccc(N)c(Cl)c2)C1. The Bertz CT molecular complexity index is 416. The van der Waals surface area contributed by atoms with Crippen LogP contribution in [0.15, 0.2) is 18.2 Å². The number of benzene rings is 1. The molecule has 1 aromatic rings. The number of nitrogen functional groups attached to an aromatic ring is 1. The second-order valence-electron chi connectivity index (χ2n) is 3.80. The number of anilines is 1. The summed E-state index contributed by atoms with van der Waals surface area (Å²) >= 11 is 5.86. The van der Waals surface area contributed by atoms with E-state index in [4.69, 9.17) is 22.1 Å². The van der Waals surface area contributed by atoms with Crippen LogP contribution in [0.1, 0.15) is 10.4 Å². The van der Waals surface area contributed by atoms with Crippen molar-refractivity contribution in [3.05, 3.63) is 28.8 Å². The topological polar surface area (TPSA) is 55.6 Å². The number of carbonyl (C=O) groups excluding carboxylic acids is 1. The second-order valence-corrected chi connectivity index (χ2v) is 4.21. The molecule has 0 saturated carbocycles. The molecule has 5 heteroatoms. The molecule has 1 fully saturated rings. The standard InChI is InChI=1S/C11H13ClN2O2/c1-16-8-5-14(6-8)11(15)7-2-3-10(13)9(12)4-7/h2-4,8H,5-6,13H2,1H3. The highest BCUT2D eigenvalue weighted by molar-refractivity contribution is 6.33. The minimum Gasteiger partial charge on any atom is -0.398 e. The van der Waals surface area contributed by atoms with Crippen molar-refractivity contribution in [2.75, 3.05) is 25.9 Å². The molecule has 1 aromatic carbocycles. The lowest BCUT2D eigenvalue weighted by Gasteiger charge is -2.38. The smallest absolute Gasteiger partial charge is 0.254 e. The zero-order valence-corrected chi connectivity index (χ0v) is 9.70. The van der Waals surface area contributed by atoms with Gasteiger partial charge in [0, 0.05) is 25.8 Å². The fourth-order valence-corrected chi connectivity index (χ4v) is 1.78. The molecule has 0 bridgehead atoms. The van der Waals surface area contributed by atoms with Gasteiger partial charge in [-0.25, -0.2) is 0 Å². The molecule has 1 saturated heterocycles. The Balaban J connectivity index is 2.07. The van der Waals surface area contributed by atoms with Crippen LogP contribution in [0.3, 0.4) is 0 Å². The van der Waals surface area contributed by atoms with Crippen molar-refractivity contribution in [2.45, 2.75) is 6.10 Å². The van der Waals surface area contributed by atoms with Crippen LogP contribution >= 0.6 is 11.6 Å². The minimum atomic E-state index is -0.0322. The van der Waals surface area contributed by atoms with E-state index in [1.807, 2.05) is 0 Å². The number of rotatable bonds is 2. The predicted molar refractivity (Wildman–Crippen MR) is 62.6 cm³/mol. The summed E-state index contributed by atoms with van der Waals surface area (Å²) in [6, 6.07) is 4.92. The molecule has 0 unspecified atom stereocenters. The number of nitrogens with two attached hydrogens (primary N) is 1. The zero-order chi connectivity index (χ0) is 11.7. The molecule has 0 atom stereocenters. The number of amides is 1. The van der Waals surface area contributed by atoms with E-state index < -0.39 is 0 Å². The molecule has 1 aliphatic heterocycles. The normalized spacial score (nSPS) is 16.0. The molecule has 2 rings (SSSR count). The van der Waals surface area contributed by atoms with Gasteiger partial charge < -0.3 is 15.4 Å². The Kier molecular flexibility index (Phi) is 3.03. The van der Waals surface area contributed by atoms with E-state index in [1.165, 1.54) is 0 Å². The van der Waals surface area contributed by atoms with Crippen molar-refractivity contribution in [1.82, 2.24) is 4.90 Å². The highest BCUT2D eigenvalue weighted by atomic mass is 35.5. The van der Waals surface area contributed by atoms with Gasteiger partial charge in [-0.3, -0.25) is 4.79 Å². The second kappa shape index (κ2) is 4.31. The van der Waals surface area contributed by atoms with Crippen molar-refractivity contribution < 1.29 is 9.53 Å². The quantitative estimate of drug-likeness (QED) is 0.795. The van der Waals surface area contributed by atoms with Crippen molar-refractivity contribution in [3.63, 3.8) is 0 Å². The van der Waals surface area contributed by atoms with E-state index in [1.54, 1.807) is 30.2 Å². The predicted octanol–water partition coefficient (Wildman–Crippen LogP) is 1.39. The van der Waals surface area contributed by atoms with Crippen molar-refractivity contribution >= 4 is 23.2 Å². The number of methoxy groups -OCH3 is 1. The van der Waals surface area contributed by atoms with E-state index in [0.29, 0.717) is 29.4 Å². The third kappa shape index (κ3) is 1.99. The summed E-state index contributed by atoms with van der Waals surface area (Å²) in [5.41, 5.74) is 6.62. The highest BCUT2D eigenvalue weighted by Crippen LogP contribution is 2.22. The van der Waals surface area contributed by atoms with Crippen LogP contribution in [0.25, 0.3) is 0 Å². The van der Waals surface area contributed by atoms with E-state index in [-0.39, 0.29) is 12.0 Å². The maximum atomic E-state index is 11.9. The van der Waals surface area contributed by atoms with Crippen LogP contribution in [-0.4, -0.2) is 37.1 Å². The number of nitrogens with zero attached hydrogens (tertiary/aromatic N) is 1. The maximum absolute atomic E-state index is 11.9.